The quantitative estimate of drug-likeness (QED) is 0.917. The molecule has 0 aliphatic rings. The zero-order chi connectivity index (χ0) is 15.4. The number of hydrogen-bond acceptors (Lipinski definition) is 4. The lowest BCUT2D eigenvalue weighted by Gasteiger charge is -2.27. The summed E-state index contributed by atoms with van der Waals surface area (Å²) in [5.74, 6) is 1.86. The number of aromatic nitrogens is 1. The van der Waals surface area contributed by atoms with Crippen LogP contribution in [0.15, 0.2) is 36.4 Å². The third-order valence-electron chi connectivity index (χ3n) is 3.84. The second-order valence-electron chi connectivity index (χ2n) is 5.32. The topological polar surface area (TPSA) is 51.4 Å². The summed E-state index contributed by atoms with van der Waals surface area (Å²) >= 11 is 0. The molecule has 4 heteroatoms. The second kappa shape index (κ2) is 6.48. The molecule has 1 heterocycles. The maximum absolute atomic E-state index is 5.83. The standard InChI is InChI=1S/C17H23N3O/c1-12(11-14-7-5-6-8-16(14)21-4)20(3)17-10-9-15(18)13(2)19-17/h5-10,12H,11,18H2,1-4H3. The number of hydrogen-bond donors (Lipinski definition) is 1. The summed E-state index contributed by atoms with van der Waals surface area (Å²) < 4.78 is 5.42. The van der Waals surface area contributed by atoms with Crippen molar-refractivity contribution < 1.29 is 4.74 Å². The van der Waals surface area contributed by atoms with Gasteiger partial charge >= 0.3 is 0 Å². The Morgan fingerprint density at radius 1 is 1.24 bits per heavy atom. The van der Waals surface area contributed by atoms with Crippen LogP contribution in [0.2, 0.25) is 0 Å². The number of pyridine rings is 1. The Balaban J connectivity index is 2.15. The van der Waals surface area contributed by atoms with Crippen LogP contribution in [0.3, 0.4) is 0 Å². The normalized spacial score (nSPS) is 12.0. The molecule has 0 aliphatic carbocycles. The van der Waals surface area contributed by atoms with Gasteiger partial charge in [0.2, 0.25) is 0 Å². The molecular formula is C17H23N3O. The van der Waals surface area contributed by atoms with Crippen LogP contribution in [0.25, 0.3) is 0 Å². The third kappa shape index (κ3) is 3.45. The molecule has 1 aromatic heterocycles. The number of benzene rings is 1. The van der Waals surface area contributed by atoms with E-state index in [2.05, 4.69) is 29.9 Å². The van der Waals surface area contributed by atoms with Gasteiger partial charge in [0.15, 0.2) is 0 Å². The van der Waals surface area contributed by atoms with Gasteiger partial charge in [-0.15, -0.1) is 0 Å². The van der Waals surface area contributed by atoms with Gasteiger partial charge in [-0.05, 0) is 44.0 Å². The van der Waals surface area contributed by atoms with Crippen molar-refractivity contribution in [3.05, 3.63) is 47.7 Å². The van der Waals surface area contributed by atoms with Crippen LogP contribution >= 0.6 is 0 Å². The van der Waals surface area contributed by atoms with Crippen LogP contribution in [0.5, 0.6) is 5.75 Å². The first-order valence-corrected chi connectivity index (χ1v) is 7.10. The molecule has 0 fully saturated rings. The molecule has 0 radical (unpaired) electrons. The Labute approximate surface area is 126 Å². The Morgan fingerprint density at radius 2 is 1.95 bits per heavy atom. The predicted octanol–water partition coefficient (Wildman–Crippen LogP) is 3.05. The van der Waals surface area contributed by atoms with Crippen LogP contribution in [0.4, 0.5) is 11.5 Å². The third-order valence-corrected chi connectivity index (χ3v) is 3.84. The van der Waals surface area contributed by atoms with E-state index < -0.39 is 0 Å². The van der Waals surface area contributed by atoms with Gasteiger partial charge in [0, 0.05) is 13.1 Å². The SMILES string of the molecule is COc1ccccc1CC(C)N(C)c1ccc(N)c(C)n1. The molecule has 21 heavy (non-hydrogen) atoms. The fourth-order valence-electron chi connectivity index (χ4n) is 2.31. The van der Waals surface area contributed by atoms with Crippen LogP contribution in [-0.2, 0) is 6.42 Å². The van der Waals surface area contributed by atoms with Crippen molar-refractivity contribution in [3.63, 3.8) is 0 Å². The van der Waals surface area contributed by atoms with E-state index in [9.17, 15) is 0 Å². The molecule has 112 valence electrons. The molecule has 0 saturated heterocycles. The Hall–Kier alpha value is -2.23. The molecule has 2 rings (SSSR count). The largest absolute Gasteiger partial charge is 0.496 e. The maximum atomic E-state index is 5.83. The summed E-state index contributed by atoms with van der Waals surface area (Å²) in [5.41, 5.74) is 8.62. The van der Waals surface area contributed by atoms with Gasteiger partial charge in [-0.25, -0.2) is 4.98 Å². The Bertz CT molecular complexity index is 613. The highest BCUT2D eigenvalue weighted by molar-refractivity contribution is 5.50. The van der Waals surface area contributed by atoms with Gasteiger partial charge in [0.1, 0.15) is 11.6 Å². The summed E-state index contributed by atoms with van der Waals surface area (Å²) in [7, 11) is 3.76. The number of anilines is 2. The fourth-order valence-corrected chi connectivity index (χ4v) is 2.31. The number of rotatable bonds is 5. The number of ether oxygens (including phenoxy) is 1. The highest BCUT2D eigenvalue weighted by Gasteiger charge is 2.14. The van der Waals surface area contributed by atoms with E-state index in [1.807, 2.05) is 37.3 Å². The summed E-state index contributed by atoms with van der Waals surface area (Å²) in [6.45, 7) is 4.11. The summed E-state index contributed by atoms with van der Waals surface area (Å²) in [5, 5.41) is 0. The fraction of sp³-hybridized carbons (Fsp3) is 0.353. The number of likely N-dealkylation sites (N-methyl/N-ethyl adjacent to an activating group) is 1. The van der Waals surface area contributed by atoms with Gasteiger partial charge in [0.25, 0.3) is 0 Å². The number of nitrogens with two attached hydrogens (primary N) is 1. The lowest BCUT2D eigenvalue weighted by atomic mass is 10.1. The molecule has 2 N–H and O–H groups in total. The van der Waals surface area contributed by atoms with E-state index in [4.69, 9.17) is 10.5 Å². The van der Waals surface area contributed by atoms with Crippen LogP contribution in [0.1, 0.15) is 18.2 Å². The molecule has 0 aliphatic heterocycles. The molecule has 0 spiro atoms. The number of nitrogen functional groups attached to an aromatic ring is 1. The summed E-state index contributed by atoms with van der Waals surface area (Å²) in [4.78, 5) is 6.71. The van der Waals surface area contributed by atoms with Crippen molar-refractivity contribution >= 4 is 11.5 Å². The first-order valence-electron chi connectivity index (χ1n) is 7.10. The van der Waals surface area contributed by atoms with E-state index in [1.54, 1.807) is 7.11 Å². The maximum Gasteiger partial charge on any atom is 0.128 e. The number of aryl methyl sites for hydroxylation is 1. The van der Waals surface area contributed by atoms with Crippen molar-refractivity contribution in [3.8, 4) is 5.75 Å². The Morgan fingerprint density at radius 3 is 2.62 bits per heavy atom. The van der Waals surface area contributed by atoms with Gasteiger partial charge in [0.05, 0.1) is 18.5 Å². The summed E-state index contributed by atoms with van der Waals surface area (Å²) in [6.07, 6.45) is 0.894. The van der Waals surface area contributed by atoms with E-state index >= 15 is 0 Å². The van der Waals surface area contributed by atoms with Crippen molar-refractivity contribution in [1.82, 2.24) is 4.98 Å². The lowest BCUT2D eigenvalue weighted by Crippen LogP contribution is -2.31. The molecule has 0 saturated carbocycles. The Kier molecular flexibility index (Phi) is 4.68. The molecule has 4 nitrogen and oxygen atoms in total. The van der Waals surface area contributed by atoms with Gasteiger partial charge < -0.3 is 15.4 Å². The smallest absolute Gasteiger partial charge is 0.128 e. The average molecular weight is 285 g/mol. The minimum Gasteiger partial charge on any atom is -0.496 e. The zero-order valence-electron chi connectivity index (χ0n) is 13.1. The van der Waals surface area contributed by atoms with E-state index in [0.29, 0.717) is 6.04 Å². The molecule has 1 aromatic carbocycles. The van der Waals surface area contributed by atoms with Gasteiger partial charge in [-0.1, -0.05) is 18.2 Å². The van der Waals surface area contributed by atoms with Crippen LogP contribution in [-0.4, -0.2) is 25.2 Å². The second-order valence-corrected chi connectivity index (χ2v) is 5.32. The van der Waals surface area contributed by atoms with Crippen LogP contribution in [0, 0.1) is 6.92 Å². The molecule has 1 unspecified atom stereocenters. The monoisotopic (exact) mass is 285 g/mol. The molecule has 2 aromatic rings. The molecular weight excluding hydrogens is 262 g/mol. The van der Waals surface area contributed by atoms with E-state index in [1.165, 1.54) is 5.56 Å². The van der Waals surface area contributed by atoms with E-state index in [-0.39, 0.29) is 0 Å². The summed E-state index contributed by atoms with van der Waals surface area (Å²) in [6, 6.07) is 12.3. The first kappa shape index (κ1) is 15.2. The van der Waals surface area contributed by atoms with E-state index in [0.717, 1.165) is 29.4 Å². The zero-order valence-corrected chi connectivity index (χ0v) is 13.1. The highest BCUT2D eigenvalue weighted by Crippen LogP contribution is 2.23. The van der Waals surface area contributed by atoms with Crippen molar-refractivity contribution in [2.75, 3.05) is 24.8 Å². The first-order chi connectivity index (χ1) is 10.0. The molecule has 1 atom stereocenters. The van der Waals surface area contributed by atoms with Gasteiger partial charge in [-0.2, -0.15) is 0 Å². The van der Waals surface area contributed by atoms with Gasteiger partial charge in [-0.3, -0.25) is 0 Å². The van der Waals surface area contributed by atoms with Crippen molar-refractivity contribution in [1.29, 1.82) is 0 Å². The number of nitrogens with zero attached hydrogens (tertiary/aromatic N) is 2. The van der Waals surface area contributed by atoms with Crippen molar-refractivity contribution in [2.45, 2.75) is 26.3 Å². The average Bonchev–Trinajstić information content (AvgIpc) is 2.49. The molecule has 0 amide bonds. The minimum atomic E-state index is 0.303. The number of methoxy groups -OCH3 is 1. The number of para-hydroxylation sites is 1. The van der Waals surface area contributed by atoms with Crippen LogP contribution < -0.4 is 15.4 Å². The highest BCUT2D eigenvalue weighted by atomic mass is 16.5. The predicted molar refractivity (Wildman–Crippen MR) is 87.9 cm³/mol. The minimum absolute atomic E-state index is 0.303. The van der Waals surface area contributed by atoms with Crippen molar-refractivity contribution in [2.24, 2.45) is 0 Å². The molecule has 0 bridgehead atoms. The lowest BCUT2D eigenvalue weighted by molar-refractivity contribution is 0.408.